The molecule has 8 aromatic carbocycles. The molecule has 0 bridgehead atoms. The number of para-hydroxylation sites is 1. The van der Waals surface area contributed by atoms with Crippen LogP contribution in [-0.2, 0) is 21.7 Å². The highest BCUT2D eigenvalue weighted by atomic mass is 16.3. The molecule has 0 amide bonds. The predicted molar refractivity (Wildman–Crippen MR) is 314 cm³/mol. The van der Waals surface area contributed by atoms with E-state index in [0.717, 1.165) is 56.8 Å². The lowest BCUT2D eigenvalue weighted by atomic mass is 9.70. The van der Waals surface area contributed by atoms with Gasteiger partial charge in [0.25, 0.3) is 0 Å². The van der Waals surface area contributed by atoms with Crippen molar-refractivity contribution in [3.8, 4) is 22.3 Å². The average Bonchev–Trinajstić information content (AvgIpc) is 4.07. The molecule has 3 aliphatic rings. The van der Waals surface area contributed by atoms with Crippen LogP contribution in [0.3, 0.4) is 0 Å². The molecule has 3 aliphatic carbocycles. The van der Waals surface area contributed by atoms with Crippen LogP contribution in [0.4, 0.5) is 28.4 Å². The van der Waals surface area contributed by atoms with Crippen LogP contribution in [0.25, 0.3) is 44.2 Å². The summed E-state index contributed by atoms with van der Waals surface area (Å²) < 4.78 is 7.29. The highest BCUT2D eigenvalue weighted by Gasteiger charge is 2.53. The third-order valence-corrected chi connectivity index (χ3v) is 16.6. The van der Waals surface area contributed by atoms with Crippen molar-refractivity contribution >= 4 is 50.4 Å². The van der Waals surface area contributed by atoms with Crippen LogP contribution in [0, 0.1) is 11.3 Å². The van der Waals surface area contributed by atoms with Crippen molar-refractivity contribution in [3.63, 3.8) is 0 Å². The van der Waals surface area contributed by atoms with E-state index < -0.39 is 5.41 Å². The summed E-state index contributed by atoms with van der Waals surface area (Å²) in [6.07, 6.45) is 8.27. The molecule has 0 saturated heterocycles. The first kappa shape index (κ1) is 47.6. The first-order valence-electron chi connectivity index (χ1n) is 26.9. The zero-order valence-corrected chi connectivity index (χ0v) is 45.5. The lowest BCUT2D eigenvalue weighted by Gasteiger charge is -2.35. The molecule has 74 heavy (non-hydrogen) atoms. The molecule has 1 atom stereocenters. The summed E-state index contributed by atoms with van der Waals surface area (Å²) >= 11 is 0. The van der Waals surface area contributed by atoms with Crippen molar-refractivity contribution in [3.05, 3.63) is 233 Å². The summed E-state index contributed by atoms with van der Waals surface area (Å²) in [6.45, 7) is 27.7. The van der Waals surface area contributed by atoms with Gasteiger partial charge in [-0.15, -0.1) is 0 Å². The molecule has 0 saturated carbocycles. The fraction of sp³-hybridized carbons (Fsp3) is 0.268. The monoisotopic (exact) mass is 967 g/mol. The highest BCUT2D eigenvalue weighted by molar-refractivity contribution is 6.20. The van der Waals surface area contributed by atoms with E-state index in [1.165, 1.54) is 66.9 Å². The van der Waals surface area contributed by atoms with E-state index in [1.807, 2.05) is 0 Å². The Kier molecular flexibility index (Phi) is 10.8. The molecule has 1 heterocycles. The minimum Gasteiger partial charge on any atom is -0.454 e. The van der Waals surface area contributed by atoms with Crippen molar-refractivity contribution in [2.45, 2.75) is 111 Å². The van der Waals surface area contributed by atoms with Crippen LogP contribution < -0.4 is 9.80 Å². The van der Waals surface area contributed by atoms with E-state index in [0.29, 0.717) is 5.92 Å². The van der Waals surface area contributed by atoms with Crippen molar-refractivity contribution in [1.29, 1.82) is 0 Å². The lowest BCUT2D eigenvalue weighted by molar-refractivity contribution is 0.293. The van der Waals surface area contributed by atoms with E-state index in [1.54, 1.807) is 0 Å². The number of benzene rings is 8. The number of fused-ring (bicyclic) bond motifs is 14. The standard InChI is InChI=1S/C71H70N2O/c1-67(2,3)45-25-33-49(34-26-45)72(50-35-27-46(28-36-50)68(4,5)6)53-41-42-56-60(43-53)71(58-22-16-13-19-54(58)55-20-14-17-23-59(55)71)61-44-62(66-65(64(56)61)57-21-15-18-24-63(57)74-66)73(51-37-29-47(30-38-51)69(7,8)9)52-39-31-48(32-40-52)70(10,11)12/h13-27,29-44,46H,28H2,1-12H3. The Bertz CT molecular complexity index is 3620. The van der Waals surface area contributed by atoms with Crippen LogP contribution in [0.1, 0.15) is 128 Å². The quantitative estimate of drug-likeness (QED) is 0.166. The van der Waals surface area contributed by atoms with Crippen LogP contribution in [-0.4, -0.2) is 0 Å². The number of furan rings is 1. The second-order valence-electron chi connectivity index (χ2n) is 25.4. The second-order valence-corrected chi connectivity index (χ2v) is 25.4. The maximum absolute atomic E-state index is 7.29. The minimum absolute atomic E-state index is 0.00166. The largest absolute Gasteiger partial charge is 0.454 e. The number of rotatable bonds is 6. The fourth-order valence-corrected chi connectivity index (χ4v) is 12.4. The molecule has 12 rings (SSSR count). The van der Waals surface area contributed by atoms with Crippen LogP contribution >= 0.6 is 0 Å². The van der Waals surface area contributed by atoms with Gasteiger partial charge in [0, 0.05) is 39.2 Å². The Hall–Kier alpha value is -7.36. The molecule has 1 spiro atoms. The SMILES string of the molecule is CC(C)(C)c1ccc(N(C2=CCC(C(C)(C)C)C=C2)c2ccc3c(c2)C2(c4ccccc4-c4ccccc42)c2cc(N(c4ccc(C(C)(C)C)cc4)c4ccc(C(C)(C)C)cc4)c4oc5ccccc5c4c2-3)cc1. The molecular weight excluding hydrogens is 897 g/mol. The summed E-state index contributed by atoms with van der Waals surface area (Å²) in [4.78, 5) is 4.96. The maximum atomic E-state index is 7.29. The van der Waals surface area contributed by atoms with Gasteiger partial charge < -0.3 is 14.2 Å². The molecule has 1 unspecified atom stereocenters. The first-order valence-corrected chi connectivity index (χ1v) is 26.9. The van der Waals surface area contributed by atoms with Gasteiger partial charge in [-0.05, 0) is 162 Å². The first-order chi connectivity index (χ1) is 35.2. The molecule has 1 aromatic heterocycles. The molecule has 0 radical (unpaired) electrons. The van der Waals surface area contributed by atoms with Crippen LogP contribution in [0.2, 0.25) is 0 Å². The summed E-state index contributed by atoms with van der Waals surface area (Å²) in [6, 6.07) is 64.6. The molecule has 3 nitrogen and oxygen atoms in total. The third kappa shape index (κ3) is 7.52. The van der Waals surface area contributed by atoms with Gasteiger partial charge in [0.05, 0.1) is 11.1 Å². The number of anilines is 5. The number of hydrogen-bond acceptors (Lipinski definition) is 3. The van der Waals surface area contributed by atoms with Gasteiger partial charge in [0.1, 0.15) is 5.58 Å². The van der Waals surface area contributed by atoms with Crippen molar-refractivity contribution in [1.82, 2.24) is 0 Å². The van der Waals surface area contributed by atoms with Crippen molar-refractivity contribution in [2.24, 2.45) is 11.3 Å². The van der Waals surface area contributed by atoms with E-state index >= 15 is 0 Å². The maximum Gasteiger partial charge on any atom is 0.160 e. The molecule has 0 aliphatic heterocycles. The smallest absolute Gasteiger partial charge is 0.160 e. The lowest BCUT2D eigenvalue weighted by Crippen LogP contribution is -2.27. The molecular formula is C71H70N2O. The molecule has 3 heteroatoms. The van der Waals surface area contributed by atoms with Gasteiger partial charge in [-0.25, -0.2) is 0 Å². The van der Waals surface area contributed by atoms with E-state index in [2.05, 4.69) is 281 Å². The number of allylic oxidation sites excluding steroid dienone is 3. The summed E-state index contributed by atoms with van der Waals surface area (Å²) in [5, 5.41) is 2.26. The van der Waals surface area contributed by atoms with E-state index in [-0.39, 0.29) is 21.7 Å². The van der Waals surface area contributed by atoms with Crippen LogP contribution in [0.15, 0.2) is 198 Å². The fourth-order valence-electron chi connectivity index (χ4n) is 12.4. The van der Waals surface area contributed by atoms with Gasteiger partial charge in [0.2, 0.25) is 0 Å². The Morgan fingerprint density at radius 3 is 1.45 bits per heavy atom. The molecule has 370 valence electrons. The topological polar surface area (TPSA) is 19.6 Å². The molecule has 0 fully saturated rings. The average molecular weight is 967 g/mol. The zero-order chi connectivity index (χ0) is 51.7. The molecule has 0 N–H and O–H groups in total. The Balaban J connectivity index is 1.17. The van der Waals surface area contributed by atoms with Gasteiger partial charge in [-0.1, -0.05) is 204 Å². The second kappa shape index (κ2) is 16.8. The zero-order valence-electron chi connectivity index (χ0n) is 45.5. The third-order valence-electron chi connectivity index (χ3n) is 16.6. The highest BCUT2D eigenvalue weighted by Crippen LogP contribution is 2.66. The van der Waals surface area contributed by atoms with Crippen molar-refractivity contribution in [2.75, 3.05) is 9.80 Å². The summed E-state index contributed by atoms with van der Waals surface area (Å²) in [7, 11) is 0. The van der Waals surface area contributed by atoms with Gasteiger partial charge >= 0.3 is 0 Å². The van der Waals surface area contributed by atoms with Crippen LogP contribution in [0.5, 0.6) is 0 Å². The van der Waals surface area contributed by atoms with E-state index in [9.17, 15) is 0 Å². The van der Waals surface area contributed by atoms with Gasteiger partial charge in [-0.2, -0.15) is 0 Å². The Morgan fingerprint density at radius 1 is 0.459 bits per heavy atom. The van der Waals surface area contributed by atoms with Gasteiger partial charge in [-0.3, -0.25) is 0 Å². The Morgan fingerprint density at radius 2 is 0.946 bits per heavy atom. The normalized spacial score (nSPS) is 15.8. The Labute approximate surface area is 439 Å². The minimum atomic E-state index is -0.664. The molecule has 9 aromatic rings. The van der Waals surface area contributed by atoms with Crippen molar-refractivity contribution < 1.29 is 4.42 Å². The summed E-state index contributed by atoms with van der Waals surface area (Å²) in [5.41, 5.74) is 22.0. The number of hydrogen-bond donors (Lipinski definition) is 0. The number of nitrogens with zero attached hydrogens (tertiary/aromatic N) is 2. The van der Waals surface area contributed by atoms with Gasteiger partial charge in [0.15, 0.2) is 5.58 Å². The van der Waals surface area contributed by atoms with E-state index in [4.69, 9.17) is 4.42 Å². The summed E-state index contributed by atoms with van der Waals surface area (Å²) in [5.74, 6) is 0.453. The predicted octanol–water partition coefficient (Wildman–Crippen LogP) is 19.9.